The van der Waals surface area contributed by atoms with Crippen LogP contribution in [0.3, 0.4) is 0 Å². The molecule has 96 valence electrons. The first kappa shape index (κ1) is 13.7. The van der Waals surface area contributed by atoms with Crippen molar-refractivity contribution in [2.24, 2.45) is 0 Å². The van der Waals surface area contributed by atoms with E-state index in [1.807, 2.05) is 24.3 Å². The Morgan fingerprint density at radius 1 is 1.17 bits per heavy atom. The second-order valence-corrected chi connectivity index (χ2v) is 6.03. The molecule has 0 atom stereocenters. The molecule has 2 aromatic rings. The van der Waals surface area contributed by atoms with Crippen molar-refractivity contribution < 1.29 is 9.15 Å². The zero-order valence-electron chi connectivity index (χ0n) is 10.2. The van der Waals surface area contributed by atoms with Crippen LogP contribution in [0.4, 0.5) is 0 Å². The quantitative estimate of drug-likeness (QED) is 0.705. The molecule has 0 fully saturated rings. The number of hydrogen-bond acceptors (Lipinski definition) is 2. The average molecular weight is 374 g/mol. The molecule has 1 heterocycles. The lowest BCUT2D eigenvalue weighted by Gasteiger charge is -2.13. The number of hydrogen-bond donors (Lipinski definition) is 0. The Morgan fingerprint density at radius 2 is 1.94 bits per heavy atom. The van der Waals surface area contributed by atoms with E-state index in [0.717, 1.165) is 20.7 Å². The highest BCUT2D eigenvalue weighted by molar-refractivity contribution is 9.10. The van der Waals surface area contributed by atoms with E-state index in [0.29, 0.717) is 12.5 Å². The van der Waals surface area contributed by atoms with Gasteiger partial charge in [-0.25, -0.2) is 0 Å². The highest BCUT2D eigenvalue weighted by Gasteiger charge is 2.09. The summed E-state index contributed by atoms with van der Waals surface area (Å²) < 4.78 is 13.0. The maximum absolute atomic E-state index is 5.82. The molecule has 4 heteroatoms. The average Bonchev–Trinajstić information content (AvgIpc) is 2.73. The maximum atomic E-state index is 5.82. The Labute approximate surface area is 124 Å². The van der Waals surface area contributed by atoms with Crippen molar-refractivity contribution in [3.8, 4) is 5.75 Å². The zero-order valence-corrected chi connectivity index (χ0v) is 13.4. The van der Waals surface area contributed by atoms with Gasteiger partial charge in [0.25, 0.3) is 0 Å². The third kappa shape index (κ3) is 3.39. The van der Waals surface area contributed by atoms with Crippen LogP contribution in [0.15, 0.2) is 43.9 Å². The molecule has 1 aromatic heterocycles. The van der Waals surface area contributed by atoms with Gasteiger partial charge in [0.2, 0.25) is 0 Å². The number of halogens is 2. The van der Waals surface area contributed by atoms with Gasteiger partial charge in [-0.05, 0) is 57.7 Å². The van der Waals surface area contributed by atoms with Crippen molar-refractivity contribution in [2.75, 3.05) is 0 Å². The van der Waals surface area contributed by atoms with Crippen LogP contribution in [0.2, 0.25) is 0 Å². The molecule has 0 saturated carbocycles. The molecular formula is C14H14Br2O2. The lowest BCUT2D eigenvalue weighted by molar-refractivity contribution is 0.264. The van der Waals surface area contributed by atoms with Crippen molar-refractivity contribution in [2.45, 2.75) is 26.4 Å². The predicted molar refractivity (Wildman–Crippen MR) is 79.0 cm³/mol. The van der Waals surface area contributed by atoms with E-state index < -0.39 is 0 Å². The predicted octanol–water partition coefficient (Wildman–Crippen LogP) is 5.51. The SMILES string of the molecule is CC(C)c1cc(Br)ccc1OCc1ccc(Br)o1. The molecule has 0 radical (unpaired) electrons. The van der Waals surface area contributed by atoms with Gasteiger partial charge in [0.05, 0.1) is 0 Å². The monoisotopic (exact) mass is 372 g/mol. The van der Waals surface area contributed by atoms with Gasteiger partial charge < -0.3 is 9.15 Å². The minimum atomic E-state index is 0.417. The highest BCUT2D eigenvalue weighted by Crippen LogP contribution is 2.30. The fourth-order valence-electron chi connectivity index (χ4n) is 1.68. The topological polar surface area (TPSA) is 22.4 Å². The van der Waals surface area contributed by atoms with Gasteiger partial charge in [0.1, 0.15) is 18.1 Å². The molecule has 18 heavy (non-hydrogen) atoms. The molecule has 2 nitrogen and oxygen atoms in total. The van der Waals surface area contributed by atoms with Crippen molar-refractivity contribution in [1.29, 1.82) is 0 Å². The van der Waals surface area contributed by atoms with Crippen LogP contribution in [0.1, 0.15) is 31.1 Å². The number of benzene rings is 1. The van der Waals surface area contributed by atoms with E-state index in [4.69, 9.17) is 9.15 Å². The van der Waals surface area contributed by atoms with Crippen LogP contribution in [-0.2, 0) is 6.61 Å². The first-order valence-electron chi connectivity index (χ1n) is 5.72. The van der Waals surface area contributed by atoms with E-state index in [2.05, 4.69) is 51.8 Å². The Kier molecular flexibility index (Phi) is 4.51. The van der Waals surface area contributed by atoms with Gasteiger partial charge in [-0.15, -0.1) is 0 Å². The molecule has 0 aliphatic rings. The van der Waals surface area contributed by atoms with Gasteiger partial charge in [0.15, 0.2) is 4.67 Å². The summed E-state index contributed by atoms with van der Waals surface area (Å²) in [6, 6.07) is 9.83. The van der Waals surface area contributed by atoms with Crippen molar-refractivity contribution in [3.05, 3.63) is 50.8 Å². The van der Waals surface area contributed by atoms with E-state index in [1.54, 1.807) is 0 Å². The van der Waals surface area contributed by atoms with Crippen LogP contribution in [0.5, 0.6) is 5.75 Å². The summed E-state index contributed by atoms with van der Waals surface area (Å²) >= 11 is 6.76. The fourth-order valence-corrected chi connectivity index (χ4v) is 2.40. The molecule has 0 spiro atoms. The molecule has 2 rings (SSSR count). The van der Waals surface area contributed by atoms with Gasteiger partial charge in [-0.2, -0.15) is 0 Å². The number of rotatable bonds is 4. The summed E-state index contributed by atoms with van der Waals surface area (Å²) in [6.07, 6.45) is 0. The van der Waals surface area contributed by atoms with E-state index in [-0.39, 0.29) is 0 Å². The van der Waals surface area contributed by atoms with E-state index in [9.17, 15) is 0 Å². The van der Waals surface area contributed by atoms with Crippen LogP contribution >= 0.6 is 31.9 Å². The first-order valence-corrected chi connectivity index (χ1v) is 7.31. The largest absolute Gasteiger partial charge is 0.485 e. The minimum absolute atomic E-state index is 0.417. The van der Waals surface area contributed by atoms with Crippen LogP contribution in [0, 0.1) is 0 Å². The lowest BCUT2D eigenvalue weighted by atomic mass is 10.0. The second kappa shape index (κ2) is 5.93. The molecule has 0 aliphatic heterocycles. The molecule has 0 amide bonds. The smallest absolute Gasteiger partial charge is 0.169 e. The Balaban J connectivity index is 2.13. The van der Waals surface area contributed by atoms with E-state index >= 15 is 0 Å². The van der Waals surface area contributed by atoms with Gasteiger partial charge in [0, 0.05) is 4.47 Å². The molecular weight excluding hydrogens is 360 g/mol. The summed E-state index contributed by atoms with van der Waals surface area (Å²) in [5, 5.41) is 0. The zero-order chi connectivity index (χ0) is 13.1. The van der Waals surface area contributed by atoms with Gasteiger partial charge >= 0.3 is 0 Å². The van der Waals surface area contributed by atoms with Gasteiger partial charge in [-0.3, -0.25) is 0 Å². The minimum Gasteiger partial charge on any atom is -0.485 e. The van der Waals surface area contributed by atoms with Crippen LogP contribution in [-0.4, -0.2) is 0 Å². The molecule has 0 aliphatic carbocycles. The second-order valence-electron chi connectivity index (χ2n) is 4.33. The third-order valence-corrected chi connectivity index (χ3v) is 3.51. The molecule has 0 saturated heterocycles. The first-order chi connectivity index (χ1) is 8.56. The molecule has 1 aromatic carbocycles. The summed E-state index contributed by atoms with van der Waals surface area (Å²) in [7, 11) is 0. The number of furan rings is 1. The van der Waals surface area contributed by atoms with E-state index in [1.165, 1.54) is 5.56 Å². The normalized spacial score (nSPS) is 10.9. The lowest BCUT2D eigenvalue weighted by Crippen LogP contribution is -1.99. The summed E-state index contributed by atoms with van der Waals surface area (Å²) in [6.45, 7) is 4.74. The summed E-state index contributed by atoms with van der Waals surface area (Å²) in [5.41, 5.74) is 1.19. The van der Waals surface area contributed by atoms with Crippen molar-refractivity contribution in [3.63, 3.8) is 0 Å². The molecule has 0 unspecified atom stereocenters. The Bertz CT molecular complexity index is 532. The highest BCUT2D eigenvalue weighted by atomic mass is 79.9. The Morgan fingerprint density at radius 3 is 2.56 bits per heavy atom. The Hall–Kier alpha value is -0.740. The van der Waals surface area contributed by atoms with Crippen LogP contribution in [0.25, 0.3) is 0 Å². The third-order valence-electron chi connectivity index (χ3n) is 2.59. The molecule has 0 bridgehead atoms. The standard InChI is InChI=1S/C14H14Br2O2/c1-9(2)12-7-10(15)3-5-13(12)17-8-11-4-6-14(16)18-11/h3-7,9H,8H2,1-2H3. The van der Waals surface area contributed by atoms with Gasteiger partial charge in [-0.1, -0.05) is 29.8 Å². The number of ether oxygens (including phenoxy) is 1. The summed E-state index contributed by atoms with van der Waals surface area (Å²) in [4.78, 5) is 0. The van der Waals surface area contributed by atoms with Crippen molar-refractivity contribution in [1.82, 2.24) is 0 Å². The van der Waals surface area contributed by atoms with Crippen LogP contribution < -0.4 is 4.74 Å². The molecule has 0 N–H and O–H groups in total. The maximum Gasteiger partial charge on any atom is 0.169 e. The fraction of sp³-hybridized carbons (Fsp3) is 0.286. The summed E-state index contributed by atoms with van der Waals surface area (Å²) in [5.74, 6) is 2.13. The van der Waals surface area contributed by atoms with Crippen molar-refractivity contribution >= 4 is 31.9 Å².